The Labute approximate surface area is 150 Å². The van der Waals surface area contributed by atoms with Gasteiger partial charge in [-0.05, 0) is 24.3 Å². The lowest BCUT2D eigenvalue weighted by Gasteiger charge is -2.11. The molecule has 0 unspecified atom stereocenters. The maximum Gasteiger partial charge on any atom is 0.135 e. The molecule has 3 heterocycles. The van der Waals surface area contributed by atoms with Crippen LogP contribution in [0.15, 0.2) is 78.2 Å². The maximum absolute atomic E-state index is 9.44. The number of hydrogen-bond acceptors (Lipinski definition) is 3. The number of fused-ring (bicyclic) bond motifs is 4. The Morgan fingerprint density at radius 3 is 2.64 bits per heavy atom. The molecular formula is C20H14ClN3O. The zero-order valence-electron chi connectivity index (χ0n) is 13.1. The van der Waals surface area contributed by atoms with Crippen LogP contribution in [0.25, 0.3) is 27.7 Å². The van der Waals surface area contributed by atoms with Gasteiger partial charge in [-0.15, -0.1) is 12.4 Å². The summed E-state index contributed by atoms with van der Waals surface area (Å²) in [4.78, 5) is 4.58. The van der Waals surface area contributed by atoms with Gasteiger partial charge in [0.25, 0.3) is 0 Å². The monoisotopic (exact) mass is 347 g/mol. The number of rotatable bonds is 1. The first-order valence-electron chi connectivity index (χ1n) is 7.75. The van der Waals surface area contributed by atoms with E-state index in [9.17, 15) is 5.21 Å². The standard InChI is InChI=1S/C20H13N3O.ClH/c24-22-19-16-7-3-6-15(20(16)23-10-4-9-18(19)23)14-11-13-5-1-2-8-17(13)21-12-14;/h1-12,24H;1H/b22-19+;. The number of halogens is 1. The highest BCUT2D eigenvalue weighted by atomic mass is 35.5. The number of hydrogen-bond donors (Lipinski definition) is 1. The van der Waals surface area contributed by atoms with Gasteiger partial charge < -0.3 is 9.77 Å². The van der Waals surface area contributed by atoms with Crippen LogP contribution in [0.2, 0.25) is 0 Å². The van der Waals surface area contributed by atoms with Crippen LogP contribution in [0.1, 0.15) is 11.3 Å². The summed E-state index contributed by atoms with van der Waals surface area (Å²) in [7, 11) is 0. The lowest BCUT2D eigenvalue weighted by molar-refractivity contribution is 0.319. The molecule has 0 radical (unpaired) electrons. The third-order valence-electron chi connectivity index (χ3n) is 4.52. The molecule has 0 fully saturated rings. The van der Waals surface area contributed by atoms with Crippen molar-refractivity contribution >= 4 is 29.0 Å². The molecule has 1 aliphatic heterocycles. The van der Waals surface area contributed by atoms with Gasteiger partial charge in [0.1, 0.15) is 5.71 Å². The van der Waals surface area contributed by atoms with Crippen molar-refractivity contribution in [2.45, 2.75) is 0 Å². The summed E-state index contributed by atoms with van der Waals surface area (Å²) in [5.74, 6) is 0. The molecule has 1 N–H and O–H groups in total. The van der Waals surface area contributed by atoms with E-state index in [1.165, 1.54) is 0 Å². The van der Waals surface area contributed by atoms with Crippen molar-refractivity contribution in [3.05, 3.63) is 84.3 Å². The van der Waals surface area contributed by atoms with Crippen LogP contribution < -0.4 is 0 Å². The van der Waals surface area contributed by atoms with E-state index in [0.29, 0.717) is 5.71 Å². The SMILES string of the molecule is Cl.O/N=C1\c2cccc(-c3cnc4ccccc4c3)c2-n2cccc21. The molecule has 0 aliphatic carbocycles. The van der Waals surface area contributed by atoms with Gasteiger partial charge in [0, 0.05) is 34.5 Å². The summed E-state index contributed by atoms with van der Waals surface area (Å²) in [6.07, 6.45) is 3.89. The van der Waals surface area contributed by atoms with E-state index in [-0.39, 0.29) is 12.4 Å². The van der Waals surface area contributed by atoms with E-state index in [4.69, 9.17) is 0 Å². The highest BCUT2D eigenvalue weighted by Crippen LogP contribution is 2.37. The third-order valence-corrected chi connectivity index (χ3v) is 4.52. The predicted octanol–water partition coefficient (Wildman–Crippen LogP) is 4.65. The largest absolute Gasteiger partial charge is 0.410 e. The van der Waals surface area contributed by atoms with Crippen LogP contribution in [-0.4, -0.2) is 20.5 Å². The zero-order valence-corrected chi connectivity index (χ0v) is 13.9. The Morgan fingerprint density at radius 2 is 1.76 bits per heavy atom. The average Bonchev–Trinajstić information content (AvgIpc) is 3.21. The molecule has 1 aliphatic rings. The number of pyridine rings is 1. The fourth-order valence-corrected chi connectivity index (χ4v) is 3.46. The van der Waals surface area contributed by atoms with E-state index < -0.39 is 0 Å². The molecule has 5 heteroatoms. The summed E-state index contributed by atoms with van der Waals surface area (Å²) >= 11 is 0. The van der Waals surface area contributed by atoms with Gasteiger partial charge in [-0.2, -0.15) is 0 Å². The summed E-state index contributed by atoms with van der Waals surface area (Å²) in [6.45, 7) is 0. The first-order chi connectivity index (χ1) is 11.9. The molecule has 0 saturated heterocycles. The number of nitrogens with zero attached hydrogens (tertiary/aromatic N) is 3. The van der Waals surface area contributed by atoms with Crippen molar-refractivity contribution in [3.63, 3.8) is 0 Å². The highest BCUT2D eigenvalue weighted by molar-refractivity contribution is 6.18. The fourth-order valence-electron chi connectivity index (χ4n) is 3.46. The van der Waals surface area contributed by atoms with Crippen molar-refractivity contribution < 1.29 is 5.21 Å². The minimum absolute atomic E-state index is 0. The minimum atomic E-state index is 0. The van der Waals surface area contributed by atoms with Crippen molar-refractivity contribution in [3.8, 4) is 16.8 Å². The van der Waals surface area contributed by atoms with E-state index in [0.717, 1.165) is 39.0 Å². The molecule has 0 atom stereocenters. The van der Waals surface area contributed by atoms with Gasteiger partial charge in [0.05, 0.1) is 16.9 Å². The molecule has 0 bridgehead atoms. The van der Waals surface area contributed by atoms with Gasteiger partial charge in [0.2, 0.25) is 0 Å². The van der Waals surface area contributed by atoms with Crippen molar-refractivity contribution in [2.24, 2.45) is 5.16 Å². The molecule has 0 spiro atoms. The average molecular weight is 348 g/mol. The van der Waals surface area contributed by atoms with Crippen molar-refractivity contribution in [1.82, 2.24) is 9.55 Å². The van der Waals surface area contributed by atoms with Crippen LogP contribution in [0.5, 0.6) is 0 Å². The predicted molar refractivity (Wildman–Crippen MR) is 101 cm³/mol. The smallest absolute Gasteiger partial charge is 0.135 e. The minimum Gasteiger partial charge on any atom is -0.410 e. The lowest BCUT2D eigenvalue weighted by atomic mass is 9.99. The van der Waals surface area contributed by atoms with Gasteiger partial charge >= 0.3 is 0 Å². The topological polar surface area (TPSA) is 50.4 Å². The molecule has 0 amide bonds. The molecule has 25 heavy (non-hydrogen) atoms. The summed E-state index contributed by atoms with van der Waals surface area (Å²) in [5.41, 5.74) is 6.56. The Kier molecular flexibility index (Phi) is 3.55. The molecule has 5 rings (SSSR count). The van der Waals surface area contributed by atoms with Crippen LogP contribution in [0.3, 0.4) is 0 Å². The lowest BCUT2D eigenvalue weighted by Crippen LogP contribution is -1.97. The van der Waals surface area contributed by atoms with Crippen LogP contribution in [0, 0.1) is 0 Å². The fraction of sp³-hybridized carbons (Fsp3) is 0. The van der Waals surface area contributed by atoms with Crippen LogP contribution >= 0.6 is 12.4 Å². The summed E-state index contributed by atoms with van der Waals surface area (Å²) in [5, 5.41) is 14.1. The second-order valence-corrected chi connectivity index (χ2v) is 5.83. The molecule has 2 aromatic heterocycles. The van der Waals surface area contributed by atoms with E-state index in [1.807, 2.05) is 54.9 Å². The van der Waals surface area contributed by atoms with Gasteiger partial charge in [-0.1, -0.05) is 41.6 Å². The Hall–Kier alpha value is -3.11. The normalized spacial score (nSPS) is 13.5. The molecule has 0 saturated carbocycles. The first-order valence-corrected chi connectivity index (χ1v) is 7.75. The number of aromatic nitrogens is 2. The maximum atomic E-state index is 9.44. The second-order valence-electron chi connectivity index (χ2n) is 5.83. The molecule has 4 aromatic rings. The quantitative estimate of drug-likeness (QED) is 0.354. The highest BCUT2D eigenvalue weighted by Gasteiger charge is 2.27. The zero-order chi connectivity index (χ0) is 16.1. The molecule has 4 nitrogen and oxygen atoms in total. The van der Waals surface area contributed by atoms with E-state index in [2.05, 4.69) is 32.9 Å². The number of para-hydroxylation sites is 2. The van der Waals surface area contributed by atoms with Gasteiger partial charge in [-0.25, -0.2) is 0 Å². The molecule has 2 aromatic carbocycles. The third kappa shape index (κ3) is 2.15. The Morgan fingerprint density at radius 1 is 0.920 bits per heavy atom. The Balaban J connectivity index is 0.00000157. The van der Waals surface area contributed by atoms with Crippen molar-refractivity contribution in [1.29, 1.82) is 0 Å². The number of benzene rings is 2. The van der Waals surface area contributed by atoms with Crippen LogP contribution in [0.4, 0.5) is 0 Å². The van der Waals surface area contributed by atoms with Crippen molar-refractivity contribution in [2.75, 3.05) is 0 Å². The summed E-state index contributed by atoms with van der Waals surface area (Å²) < 4.78 is 2.06. The Bertz CT molecular complexity index is 1130. The second kappa shape index (κ2) is 5.76. The van der Waals surface area contributed by atoms with Gasteiger partial charge in [-0.3, -0.25) is 4.98 Å². The van der Waals surface area contributed by atoms with E-state index >= 15 is 0 Å². The molecule has 122 valence electrons. The first kappa shape index (κ1) is 15.4. The van der Waals surface area contributed by atoms with Gasteiger partial charge in [0.15, 0.2) is 0 Å². The van der Waals surface area contributed by atoms with Crippen LogP contribution in [-0.2, 0) is 0 Å². The van der Waals surface area contributed by atoms with E-state index in [1.54, 1.807) is 0 Å². The number of oxime groups is 1. The molecular weight excluding hydrogens is 334 g/mol. The summed E-state index contributed by atoms with van der Waals surface area (Å²) in [6, 6.07) is 20.2.